The highest BCUT2D eigenvalue weighted by molar-refractivity contribution is 7.99. The molecule has 2 amide bonds. The van der Waals surface area contributed by atoms with Crippen molar-refractivity contribution in [2.24, 2.45) is 0 Å². The first kappa shape index (κ1) is 22.1. The quantitative estimate of drug-likeness (QED) is 0.489. The molecule has 0 bridgehead atoms. The van der Waals surface area contributed by atoms with Crippen LogP contribution in [0.3, 0.4) is 0 Å². The van der Waals surface area contributed by atoms with Crippen molar-refractivity contribution in [3.8, 4) is 5.69 Å². The molecule has 0 unspecified atom stereocenters. The Kier molecular flexibility index (Phi) is 7.55. The maximum atomic E-state index is 12.4. The first-order valence-corrected chi connectivity index (χ1v) is 11.9. The molecule has 2 aromatic carbocycles. The summed E-state index contributed by atoms with van der Waals surface area (Å²) in [5.41, 5.74) is 1.56. The predicted molar refractivity (Wildman–Crippen MR) is 125 cm³/mol. The minimum absolute atomic E-state index is 0.0289. The fourth-order valence-corrected chi connectivity index (χ4v) is 4.62. The zero-order valence-corrected chi connectivity index (χ0v) is 18.7. The van der Waals surface area contributed by atoms with Crippen LogP contribution in [-0.4, -0.2) is 44.9 Å². The van der Waals surface area contributed by atoms with Crippen molar-refractivity contribution in [2.45, 2.75) is 43.3 Å². The number of benzene rings is 2. The highest BCUT2D eigenvalue weighted by Gasteiger charge is 2.19. The zero-order valence-electron chi connectivity index (χ0n) is 17.9. The van der Waals surface area contributed by atoms with E-state index in [4.69, 9.17) is 0 Å². The highest BCUT2D eigenvalue weighted by atomic mass is 32.2. The van der Waals surface area contributed by atoms with Crippen molar-refractivity contribution < 1.29 is 9.59 Å². The van der Waals surface area contributed by atoms with Gasteiger partial charge in [0.1, 0.15) is 5.82 Å². The highest BCUT2D eigenvalue weighted by Crippen LogP contribution is 2.23. The molecule has 4 rings (SSSR count). The maximum absolute atomic E-state index is 12.4. The van der Waals surface area contributed by atoms with Gasteiger partial charge >= 0.3 is 0 Å². The normalized spacial score (nSPS) is 13.8. The van der Waals surface area contributed by atoms with Gasteiger partial charge < -0.3 is 10.6 Å². The van der Waals surface area contributed by atoms with Crippen molar-refractivity contribution >= 4 is 23.6 Å². The summed E-state index contributed by atoms with van der Waals surface area (Å²) < 4.78 is 1.96. The van der Waals surface area contributed by atoms with E-state index in [2.05, 4.69) is 20.8 Å². The second kappa shape index (κ2) is 10.9. The van der Waals surface area contributed by atoms with Crippen molar-refractivity contribution in [3.63, 3.8) is 0 Å². The predicted octanol–water partition coefficient (Wildman–Crippen LogP) is 3.39. The summed E-state index contributed by atoms with van der Waals surface area (Å²) in [5.74, 6) is 0.950. The third-order valence-electron chi connectivity index (χ3n) is 5.44. The molecule has 0 spiro atoms. The summed E-state index contributed by atoms with van der Waals surface area (Å²) >= 11 is 1.38. The second-order valence-electron chi connectivity index (χ2n) is 7.78. The first-order chi connectivity index (χ1) is 15.7. The van der Waals surface area contributed by atoms with Crippen LogP contribution in [0.4, 0.5) is 0 Å². The summed E-state index contributed by atoms with van der Waals surface area (Å²) in [7, 11) is 0. The molecule has 1 saturated carbocycles. The van der Waals surface area contributed by atoms with Gasteiger partial charge in [-0.1, -0.05) is 61.0 Å². The van der Waals surface area contributed by atoms with Gasteiger partial charge in [0.15, 0.2) is 5.16 Å². The average molecular weight is 450 g/mol. The van der Waals surface area contributed by atoms with Gasteiger partial charge in [-0.2, -0.15) is 0 Å². The number of carbonyl (C=O) groups is 2. The van der Waals surface area contributed by atoms with Crippen LogP contribution in [0.25, 0.3) is 5.69 Å². The van der Waals surface area contributed by atoms with Gasteiger partial charge in [0.25, 0.3) is 5.91 Å². The molecule has 1 fully saturated rings. The number of amides is 2. The number of aromatic nitrogens is 3. The number of thioether (sulfide) groups is 1. The molecule has 0 atom stereocenters. The van der Waals surface area contributed by atoms with Crippen LogP contribution in [-0.2, 0) is 11.2 Å². The molecule has 1 aliphatic rings. The lowest BCUT2D eigenvalue weighted by molar-refractivity contribution is -0.119. The van der Waals surface area contributed by atoms with E-state index in [0.717, 1.165) is 24.4 Å². The fraction of sp³-hybridized carbons (Fsp3) is 0.333. The molecule has 2 N–H and O–H groups in total. The zero-order chi connectivity index (χ0) is 22.2. The van der Waals surface area contributed by atoms with Gasteiger partial charge in [-0.25, -0.2) is 0 Å². The van der Waals surface area contributed by atoms with Gasteiger partial charge in [0, 0.05) is 30.3 Å². The number of hydrogen-bond donors (Lipinski definition) is 2. The Labute approximate surface area is 192 Å². The monoisotopic (exact) mass is 449 g/mol. The summed E-state index contributed by atoms with van der Waals surface area (Å²) in [5, 5.41) is 15.4. The lowest BCUT2D eigenvalue weighted by Gasteiger charge is -2.13. The first-order valence-electron chi connectivity index (χ1n) is 11.0. The number of hydrogen-bond acceptors (Lipinski definition) is 5. The van der Waals surface area contributed by atoms with E-state index in [1.165, 1.54) is 24.6 Å². The molecule has 1 aromatic heterocycles. The standard InChI is InChI=1S/C24H27N5O2S/c30-22(26-19-11-7-8-12-19)17-32-24-28-27-21(29(24)20-13-5-2-6-14-20)15-16-25-23(31)18-9-3-1-4-10-18/h1-6,9-10,13-14,19H,7-8,11-12,15-17H2,(H,25,31)(H,26,30). The van der Waals surface area contributed by atoms with E-state index >= 15 is 0 Å². The van der Waals surface area contributed by atoms with Crippen LogP contribution in [0.15, 0.2) is 65.8 Å². The summed E-state index contributed by atoms with van der Waals surface area (Å²) in [6.45, 7) is 0.436. The van der Waals surface area contributed by atoms with Crippen LogP contribution < -0.4 is 10.6 Å². The smallest absolute Gasteiger partial charge is 0.251 e. The van der Waals surface area contributed by atoms with Crippen LogP contribution in [0, 0.1) is 0 Å². The van der Waals surface area contributed by atoms with Gasteiger partial charge in [-0.15, -0.1) is 10.2 Å². The second-order valence-corrected chi connectivity index (χ2v) is 8.72. The Hall–Kier alpha value is -3.13. The minimum Gasteiger partial charge on any atom is -0.353 e. The number of carbonyl (C=O) groups excluding carboxylic acids is 2. The third-order valence-corrected chi connectivity index (χ3v) is 6.37. The summed E-state index contributed by atoms with van der Waals surface area (Å²) in [4.78, 5) is 24.7. The molecule has 7 nitrogen and oxygen atoms in total. The Morgan fingerprint density at radius 1 is 0.969 bits per heavy atom. The average Bonchev–Trinajstić information content (AvgIpc) is 3.48. The molecule has 0 aliphatic heterocycles. The Morgan fingerprint density at radius 3 is 2.38 bits per heavy atom. The van der Waals surface area contributed by atoms with E-state index < -0.39 is 0 Å². The van der Waals surface area contributed by atoms with Crippen LogP contribution in [0.1, 0.15) is 41.9 Å². The molecule has 0 saturated heterocycles. The van der Waals surface area contributed by atoms with Crippen molar-refractivity contribution in [1.82, 2.24) is 25.4 Å². The van der Waals surface area contributed by atoms with Crippen molar-refractivity contribution in [2.75, 3.05) is 12.3 Å². The van der Waals surface area contributed by atoms with Crippen LogP contribution in [0.5, 0.6) is 0 Å². The molecule has 8 heteroatoms. The maximum Gasteiger partial charge on any atom is 0.251 e. The Bertz CT molecular complexity index is 1030. The summed E-state index contributed by atoms with van der Waals surface area (Å²) in [6.07, 6.45) is 5.02. The number of para-hydroxylation sites is 1. The largest absolute Gasteiger partial charge is 0.353 e. The third kappa shape index (κ3) is 5.76. The molecule has 1 heterocycles. The Balaban J connectivity index is 1.41. The van der Waals surface area contributed by atoms with E-state index in [-0.39, 0.29) is 11.8 Å². The molecule has 166 valence electrons. The van der Waals surface area contributed by atoms with Crippen LogP contribution >= 0.6 is 11.8 Å². The molecule has 1 aliphatic carbocycles. The molecule has 0 radical (unpaired) electrons. The Morgan fingerprint density at radius 2 is 1.66 bits per heavy atom. The number of nitrogens with one attached hydrogen (secondary N) is 2. The van der Waals surface area contributed by atoms with Gasteiger partial charge in [-0.05, 0) is 37.1 Å². The number of nitrogens with zero attached hydrogens (tertiary/aromatic N) is 3. The van der Waals surface area contributed by atoms with E-state index in [1.807, 2.05) is 53.1 Å². The lowest BCUT2D eigenvalue weighted by Crippen LogP contribution is -2.33. The van der Waals surface area contributed by atoms with Crippen molar-refractivity contribution in [1.29, 1.82) is 0 Å². The lowest BCUT2D eigenvalue weighted by atomic mass is 10.2. The minimum atomic E-state index is -0.116. The van der Waals surface area contributed by atoms with Gasteiger partial charge in [0.2, 0.25) is 5.91 Å². The molecular weight excluding hydrogens is 422 g/mol. The van der Waals surface area contributed by atoms with E-state index in [9.17, 15) is 9.59 Å². The van der Waals surface area contributed by atoms with E-state index in [0.29, 0.717) is 35.5 Å². The van der Waals surface area contributed by atoms with Gasteiger partial charge in [-0.3, -0.25) is 14.2 Å². The van der Waals surface area contributed by atoms with Crippen molar-refractivity contribution in [3.05, 3.63) is 72.1 Å². The van der Waals surface area contributed by atoms with Gasteiger partial charge in [0.05, 0.1) is 5.75 Å². The van der Waals surface area contributed by atoms with Crippen LogP contribution in [0.2, 0.25) is 0 Å². The fourth-order valence-electron chi connectivity index (χ4n) is 3.84. The SMILES string of the molecule is O=C(CSc1nnc(CCNC(=O)c2ccccc2)n1-c1ccccc1)NC1CCCC1. The summed E-state index contributed by atoms with van der Waals surface area (Å²) in [6, 6.07) is 19.3. The molecular formula is C24H27N5O2S. The van der Waals surface area contributed by atoms with E-state index in [1.54, 1.807) is 12.1 Å². The number of rotatable bonds is 9. The molecule has 32 heavy (non-hydrogen) atoms. The molecule has 3 aromatic rings. The topological polar surface area (TPSA) is 88.9 Å².